The summed E-state index contributed by atoms with van der Waals surface area (Å²) in [5, 5.41) is 8.09. The summed E-state index contributed by atoms with van der Waals surface area (Å²) < 4.78 is 5.12. The summed E-state index contributed by atoms with van der Waals surface area (Å²) in [7, 11) is 0. The number of H-pyrrole nitrogens is 1. The number of carbonyl (C=O) groups is 1. The maximum absolute atomic E-state index is 12.3. The first kappa shape index (κ1) is 18.5. The highest BCUT2D eigenvalue weighted by molar-refractivity contribution is 7.80. The van der Waals surface area contributed by atoms with Crippen molar-refractivity contribution in [2.75, 3.05) is 17.2 Å². The largest absolute Gasteiger partial charge is 0.461 e. The third-order valence-electron chi connectivity index (χ3n) is 3.60. The number of carbonyl (C=O) groups excluding carboxylic acids is 1. The SMILES string of the molecule is CCOC(=O)c1[nH]c2ccccc2c1NC(=S)Nc1ccc(Cl)c(Cl)c1. The fraction of sp³-hybridized carbons (Fsp3) is 0.111. The normalized spacial score (nSPS) is 10.6. The molecule has 5 nitrogen and oxygen atoms in total. The average Bonchev–Trinajstić information content (AvgIpc) is 2.97. The van der Waals surface area contributed by atoms with Crippen molar-refractivity contribution < 1.29 is 9.53 Å². The van der Waals surface area contributed by atoms with Gasteiger partial charge >= 0.3 is 5.97 Å². The Balaban J connectivity index is 1.89. The summed E-state index contributed by atoms with van der Waals surface area (Å²) in [5.74, 6) is -0.455. The molecule has 134 valence electrons. The van der Waals surface area contributed by atoms with Crippen LogP contribution in [0, 0.1) is 0 Å². The third kappa shape index (κ3) is 3.93. The smallest absolute Gasteiger partial charge is 0.356 e. The van der Waals surface area contributed by atoms with Crippen LogP contribution in [-0.2, 0) is 4.74 Å². The molecule has 0 spiro atoms. The average molecular weight is 408 g/mol. The van der Waals surface area contributed by atoms with Gasteiger partial charge in [0.15, 0.2) is 5.11 Å². The van der Waals surface area contributed by atoms with Crippen LogP contribution in [0.5, 0.6) is 0 Å². The molecule has 2 aromatic carbocycles. The summed E-state index contributed by atoms with van der Waals surface area (Å²) in [6.45, 7) is 2.03. The second kappa shape index (κ2) is 7.95. The molecule has 0 fully saturated rings. The zero-order valence-corrected chi connectivity index (χ0v) is 16.1. The lowest BCUT2D eigenvalue weighted by molar-refractivity contribution is 0.0522. The first-order valence-corrected chi connectivity index (χ1v) is 8.97. The zero-order chi connectivity index (χ0) is 18.7. The number of rotatable bonds is 4. The number of benzene rings is 2. The lowest BCUT2D eigenvalue weighted by Gasteiger charge is -2.12. The molecule has 3 rings (SSSR count). The van der Waals surface area contributed by atoms with Crippen molar-refractivity contribution in [3.63, 3.8) is 0 Å². The van der Waals surface area contributed by atoms with E-state index in [0.29, 0.717) is 32.2 Å². The van der Waals surface area contributed by atoms with Crippen LogP contribution in [0.15, 0.2) is 42.5 Å². The van der Waals surface area contributed by atoms with E-state index >= 15 is 0 Å². The Morgan fingerprint density at radius 3 is 2.65 bits per heavy atom. The van der Waals surface area contributed by atoms with Crippen LogP contribution in [0.4, 0.5) is 11.4 Å². The Morgan fingerprint density at radius 1 is 1.15 bits per heavy atom. The molecule has 8 heteroatoms. The molecule has 0 unspecified atom stereocenters. The number of aromatic amines is 1. The Kier molecular flexibility index (Phi) is 5.66. The van der Waals surface area contributed by atoms with Gasteiger partial charge in [-0.3, -0.25) is 0 Å². The molecule has 0 aliphatic carbocycles. The first-order chi connectivity index (χ1) is 12.5. The molecule has 0 bridgehead atoms. The van der Waals surface area contributed by atoms with E-state index in [9.17, 15) is 4.79 Å². The van der Waals surface area contributed by atoms with E-state index in [1.165, 1.54) is 0 Å². The van der Waals surface area contributed by atoms with Gasteiger partial charge in [0.1, 0.15) is 5.69 Å². The Bertz CT molecular complexity index is 988. The highest BCUT2D eigenvalue weighted by atomic mass is 35.5. The predicted molar refractivity (Wildman–Crippen MR) is 111 cm³/mol. The van der Waals surface area contributed by atoms with Gasteiger partial charge in [-0.05, 0) is 43.4 Å². The lowest BCUT2D eigenvalue weighted by atomic mass is 10.2. The van der Waals surface area contributed by atoms with Crippen molar-refractivity contribution in [3.05, 3.63) is 58.2 Å². The molecule has 3 aromatic rings. The van der Waals surface area contributed by atoms with Crippen molar-refractivity contribution in [1.82, 2.24) is 4.98 Å². The van der Waals surface area contributed by atoms with E-state index in [0.717, 1.165) is 10.9 Å². The van der Waals surface area contributed by atoms with Crippen molar-refractivity contribution in [2.24, 2.45) is 0 Å². The number of ether oxygens (including phenoxy) is 1. The van der Waals surface area contributed by atoms with E-state index in [4.69, 9.17) is 40.2 Å². The monoisotopic (exact) mass is 407 g/mol. The van der Waals surface area contributed by atoms with Crippen LogP contribution in [0.25, 0.3) is 10.9 Å². The standard InChI is InChI=1S/C18H15Cl2N3O2S/c1-2-25-17(24)16-15(11-5-3-4-6-14(11)22-16)23-18(26)21-10-7-8-12(19)13(20)9-10/h3-9,22H,2H2,1H3,(H2,21,23,26). The minimum absolute atomic E-state index is 0.277. The molecule has 26 heavy (non-hydrogen) atoms. The number of esters is 1. The van der Waals surface area contributed by atoms with E-state index in [1.807, 2.05) is 24.3 Å². The van der Waals surface area contributed by atoms with E-state index in [-0.39, 0.29) is 6.61 Å². The minimum Gasteiger partial charge on any atom is -0.461 e. The van der Waals surface area contributed by atoms with Gasteiger partial charge in [-0.1, -0.05) is 41.4 Å². The number of thiocarbonyl (C=S) groups is 1. The van der Waals surface area contributed by atoms with Crippen LogP contribution in [-0.4, -0.2) is 22.7 Å². The molecule has 0 aliphatic heterocycles. The van der Waals surface area contributed by atoms with Crippen molar-refractivity contribution in [1.29, 1.82) is 0 Å². The molecule has 0 amide bonds. The van der Waals surface area contributed by atoms with Crippen molar-refractivity contribution in [3.8, 4) is 0 Å². The van der Waals surface area contributed by atoms with Crippen LogP contribution < -0.4 is 10.6 Å². The summed E-state index contributed by atoms with van der Waals surface area (Å²) in [6.07, 6.45) is 0. The van der Waals surface area contributed by atoms with Crippen LogP contribution in [0.2, 0.25) is 10.0 Å². The van der Waals surface area contributed by atoms with E-state index in [1.54, 1.807) is 25.1 Å². The highest BCUT2D eigenvalue weighted by Crippen LogP contribution is 2.29. The fourth-order valence-corrected chi connectivity index (χ4v) is 3.00. The van der Waals surface area contributed by atoms with Gasteiger partial charge in [0.05, 0.1) is 22.3 Å². The summed E-state index contributed by atoms with van der Waals surface area (Å²) in [4.78, 5) is 15.3. The van der Waals surface area contributed by atoms with Gasteiger partial charge in [-0.15, -0.1) is 0 Å². The Labute approximate surface area is 165 Å². The number of aromatic nitrogens is 1. The van der Waals surface area contributed by atoms with Gasteiger partial charge < -0.3 is 20.4 Å². The first-order valence-electron chi connectivity index (χ1n) is 7.80. The van der Waals surface area contributed by atoms with Gasteiger partial charge in [0.25, 0.3) is 0 Å². The highest BCUT2D eigenvalue weighted by Gasteiger charge is 2.19. The number of hydrogen-bond acceptors (Lipinski definition) is 3. The number of fused-ring (bicyclic) bond motifs is 1. The number of para-hydroxylation sites is 1. The topological polar surface area (TPSA) is 66.2 Å². The Morgan fingerprint density at radius 2 is 1.92 bits per heavy atom. The number of anilines is 2. The molecule has 0 aliphatic rings. The molecule has 0 saturated heterocycles. The predicted octanol–water partition coefficient (Wildman–Crippen LogP) is 5.46. The third-order valence-corrected chi connectivity index (χ3v) is 4.54. The number of halogens is 2. The summed E-state index contributed by atoms with van der Waals surface area (Å²) in [5.41, 5.74) is 2.34. The number of hydrogen-bond donors (Lipinski definition) is 3. The molecule has 3 N–H and O–H groups in total. The molecule has 0 radical (unpaired) electrons. The fourth-order valence-electron chi connectivity index (χ4n) is 2.48. The maximum atomic E-state index is 12.3. The zero-order valence-electron chi connectivity index (χ0n) is 13.7. The van der Waals surface area contributed by atoms with Crippen LogP contribution >= 0.6 is 35.4 Å². The maximum Gasteiger partial charge on any atom is 0.356 e. The van der Waals surface area contributed by atoms with Crippen LogP contribution in [0.1, 0.15) is 17.4 Å². The molecular formula is C18H15Cl2N3O2S. The van der Waals surface area contributed by atoms with Crippen molar-refractivity contribution >= 4 is 68.8 Å². The molecule has 0 saturated carbocycles. The van der Waals surface area contributed by atoms with Crippen molar-refractivity contribution in [2.45, 2.75) is 6.92 Å². The minimum atomic E-state index is -0.455. The lowest BCUT2D eigenvalue weighted by Crippen LogP contribution is -2.20. The molecular weight excluding hydrogens is 393 g/mol. The second-order valence-corrected chi connectivity index (χ2v) is 6.57. The second-order valence-electron chi connectivity index (χ2n) is 5.35. The van der Waals surface area contributed by atoms with E-state index < -0.39 is 5.97 Å². The van der Waals surface area contributed by atoms with Gasteiger partial charge in [-0.25, -0.2) is 4.79 Å². The quantitative estimate of drug-likeness (QED) is 0.395. The molecule has 1 heterocycles. The van der Waals surface area contributed by atoms with Gasteiger partial charge in [-0.2, -0.15) is 0 Å². The number of nitrogens with one attached hydrogen (secondary N) is 3. The summed E-state index contributed by atoms with van der Waals surface area (Å²) >= 11 is 17.3. The molecule has 1 aromatic heterocycles. The van der Waals surface area contributed by atoms with Gasteiger partial charge in [0, 0.05) is 16.6 Å². The van der Waals surface area contributed by atoms with Crippen LogP contribution in [0.3, 0.4) is 0 Å². The van der Waals surface area contributed by atoms with Gasteiger partial charge in [0.2, 0.25) is 0 Å². The Hall–Kier alpha value is -2.28. The summed E-state index contributed by atoms with van der Waals surface area (Å²) in [6, 6.07) is 12.6. The van der Waals surface area contributed by atoms with E-state index in [2.05, 4.69) is 15.6 Å². The molecule has 0 atom stereocenters.